The van der Waals surface area contributed by atoms with Crippen molar-refractivity contribution in [3.05, 3.63) is 23.8 Å². The van der Waals surface area contributed by atoms with Crippen LogP contribution in [-0.4, -0.2) is 44.7 Å². The van der Waals surface area contributed by atoms with E-state index < -0.39 is 6.61 Å². The minimum Gasteiger partial charge on any atom is -0.493 e. The van der Waals surface area contributed by atoms with Gasteiger partial charge in [0.15, 0.2) is 11.5 Å². The summed E-state index contributed by atoms with van der Waals surface area (Å²) in [5.41, 5.74) is 0.694. The molecule has 2 rings (SSSR count). The second-order valence-corrected chi connectivity index (χ2v) is 5.69. The number of alkyl halides is 2. The van der Waals surface area contributed by atoms with E-state index in [0.29, 0.717) is 18.0 Å². The lowest BCUT2D eigenvalue weighted by Gasteiger charge is -2.19. The standard InChI is InChI=1S/C16H22F2N2O3.ClH/c1-20(15(21)9-19-8-11-3-4-11)10-12-5-6-13(22-2)14(7-12)23-16(17)18;/h5-7,11,16,19H,3-4,8-10H2,1-2H3;1H. The molecule has 1 aromatic carbocycles. The summed E-state index contributed by atoms with van der Waals surface area (Å²) in [5.74, 6) is 0.864. The quantitative estimate of drug-likeness (QED) is 0.732. The van der Waals surface area contributed by atoms with E-state index in [9.17, 15) is 13.6 Å². The molecule has 1 aliphatic carbocycles. The Balaban J connectivity index is 0.00000288. The molecular formula is C16H23ClF2N2O3. The molecule has 1 N–H and O–H groups in total. The zero-order chi connectivity index (χ0) is 16.8. The normalized spacial score (nSPS) is 13.4. The van der Waals surface area contributed by atoms with E-state index in [4.69, 9.17) is 4.74 Å². The van der Waals surface area contributed by atoms with Gasteiger partial charge in [0.1, 0.15) is 0 Å². The first-order valence-corrected chi connectivity index (χ1v) is 7.56. The predicted octanol–water partition coefficient (Wildman–Crippen LogP) is 2.68. The molecule has 0 radical (unpaired) electrons. The Kier molecular flexibility index (Phi) is 8.21. The van der Waals surface area contributed by atoms with Gasteiger partial charge in [-0.1, -0.05) is 6.07 Å². The van der Waals surface area contributed by atoms with Crippen LogP contribution in [0.4, 0.5) is 8.78 Å². The second kappa shape index (κ2) is 9.64. The third kappa shape index (κ3) is 6.49. The summed E-state index contributed by atoms with van der Waals surface area (Å²) in [6.07, 6.45) is 2.46. The van der Waals surface area contributed by atoms with Crippen molar-refractivity contribution in [2.45, 2.75) is 26.0 Å². The number of carbonyl (C=O) groups excluding carboxylic acids is 1. The summed E-state index contributed by atoms with van der Waals surface area (Å²) in [5, 5.41) is 3.13. The van der Waals surface area contributed by atoms with Gasteiger partial charge >= 0.3 is 6.61 Å². The topological polar surface area (TPSA) is 50.8 Å². The summed E-state index contributed by atoms with van der Waals surface area (Å²) in [7, 11) is 3.06. The number of hydrogen-bond donors (Lipinski definition) is 1. The smallest absolute Gasteiger partial charge is 0.387 e. The maximum atomic E-state index is 12.4. The average Bonchev–Trinajstić information content (AvgIpc) is 3.31. The third-order valence-electron chi connectivity index (χ3n) is 3.70. The zero-order valence-corrected chi connectivity index (χ0v) is 14.6. The van der Waals surface area contributed by atoms with Crippen molar-refractivity contribution >= 4 is 18.3 Å². The Morgan fingerprint density at radius 2 is 2.08 bits per heavy atom. The number of nitrogens with zero attached hydrogens (tertiary/aromatic N) is 1. The molecule has 1 aliphatic rings. The van der Waals surface area contributed by atoms with Crippen LogP contribution in [0.2, 0.25) is 0 Å². The van der Waals surface area contributed by atoms with Crippen molar-refractivity contribution in [1.29, 1.82) is 0 Å². The van der Waals surface area contributed by atoms with E-state index in [-0.39, 0.29) is 36.4 Å². The average molecular weight is 365 g/mol. The van der Waals surface area contributed by atoms with Gasteiger partial charge in [-0.2, -0.15) is 8.78 Å². The maximum absolute atomic E-state index is 12.4. The van der Waals surface area contributed by atoms with Crippen LogP contribution in [0.5, 0.6) is 11.5 Å². The Labute approximate surface area is 146 Å². The molecule has 1 saturated carbocycles. The monoisotopic (exact) mass is 364 g/mol. The van der Waals surface area contributed by atoms with Gasteiger partial charge in [0.05, 0.1) is 13.7 Å². The van der Waals surface area contributed by atoms with Crippen LogP contribution in [0.1, 0.15) is 18.4 Å². The maximum Gasteiger partial charge on any atom is 0.387 e. The summed E-state index contributed by atoms with van der Waals surface area (Å²) in [4.78, 5) is 13.6. The number of amides is 1. The minimum absolute atomic E-state index is 0. The van der Waals surface area contributed by atoms with Crippen molar-refractivity contribution in [2.75, 3.05) is 27.2 Å². The Bertz CT molecular complexity index is 542. The highest BCUT2D eigenvalue weighted by Gasteiger charge is 2.21. The van der Waals surface area contributed by atoms with Crippen LogP contribution < -0.4 is 14.8 Å². The molecule has 0 heterocycles. The number of likely N-dealkylation sites (N-methyl/N-ethyl adjacent to an activating group) is 1. The van der Waals surface area contributed by atoms with Gasteiger partial charge < -0.3 is 19.7 Å². The Hall–Kier alpha value is -1.60. The minimum atomic E-state index is -2.93. The third-order valence-corrected chi connectivity index (χ3v) is 3.70. The van der Waals surface area contributed by atoms with Crippen molar-refractivity contribution in [3.8, 4) is 11.5 Å². The fourth-order valence-corrected chi connectivity index (χ4v) is 2.21. The van der Waals surface area contributed by atoms with Crippen LogP contribution in [0, 0.1) is 5.92 Å². The summed E-state index contributed by atoms with van der Waals surface area (Å²) >= 11 is 0. The van der Waals surface area contributed by atoms with Crippen molar-refractivity contribution in [2.24, 2.45) is 5.92 Å². The predicted molar refractivity (Wildman–Crippen MR) is 88.9 cm³/mol. The summed E-state index contributed by atoms with van der Waals surface area (Å²) < 4.78 is 34.3. The second-order valence-electron chi connectivity index (χ2n) is 5.69. The number of nitrogens with one attached hydrogen (secondary N) is 1. The van der Waals surface area contributed by atoms with Crippen LogP contribution >= 0.6 is 12.4 Å². The molecule has 0 aliphatic heterocycles. The molecule has 0 unspecified atom stereocenters. The highest BCUT2D eigenvalue weighted by atomic mass is 35.5. The number of methoxy groups -OCH3 is 1. The lowest BCUT2D eigenvalue weighted by atomic mass is 10.2. The van der Waals surface area contributed by atoms with E-state index in [1.807, 2.05) is 0 Å². The van der Waals surface area contributed by atoms with Crippen LogP contribution in [0.15, 0.2) is 18.2 Å². The van der Waals surface area contributed by atoms with Crippen molar-refractivity contribution in [3.63, 3.8) is 0 Å². The van der Waals surface area contributed by atoms with E-state index >= 15 is 0 Å². The number of hydrogen-bond acceptors (Lipinski definition) is 4. The molecule has 0 bridgehead atoms. The number of carbonyl (C=O) groups is 1. The molecule has 8 heteroatoms. The zero-order valence-electron chi connectivity index (χ0n) is 13.8. The van der Waals surface area contributed by atoms with Gasteiger partial charge in [-0.25, -0.2) is 0 Å². The molecular weight excluding hydrogens is 342 g/mol. The van der Waals surface area contributed by atoms with Gasteiger partial charge in [-0.3, -0.25) is 4.79 Å². The van der Waals surface area contributed by atoms with Crippen LogP contribution in [0.25, 0.3) is 0 Å². The molecule has 0 saturated heterocycles. The molecule has 1 fully saturated rings. The van der Waals surface area contributed by atoms with Gasteiger partial charge in [0.2, 0.25) is 5.91 Å². The molecule has 136 valence electrons. The number of rotatable bonds is 9. The molecule has 0 spiro atoms. The molecule has 1 amide bonds. The molecule has 0 aromatic heterocycles. The lowest BCUT2D eigenvalue weighted by molar-refractivity contribution is -0.129. The Morgan fingerprint density at radius 1 is 1.38 bits per heavy atom. The number of ether oxygens (including phenoxy) is 2. The largest absolute Gasteiger partial charge is 0.493 e. The molecule has 1 aromatic rings. The van der Waals surface area contributed by atoms with Crippen LogP contribution in [0.3, 0.4) is 0 Å². The first-order valence-electron chi connectivity index (χ1n) is 7.56. The van der Waals surface area contributed by atoms with E-state index in [0.717, 1.165) is 6.54 Å². The first-order chi connectivity index (χ1) is 11.0. The molecule has 5 nitrogen and oxygen atoms in total. The van der Waals surface area contributed by atoms with E-state index in [1.54, 1.807) is 24.1 Å². The summed E-state index contributed by atoms with van der Waals surface area (Å²) in [6.45, 7) is -1.46. The fourth-order valence-electron chi connectivity index (χ4n) is 2.21. The highest BCUT2D eigenvalue weighted by Crippen LogP contribution is 2.30. The van der Waals surface area contributed by atoms with Gasteiger partial charge in [0.25, 0.3) is 0 Å². The van der Waals surface area contributed by atoms with Crippen molar-refractivity contribution < 1.29 is 23.0 Å². The lowest BCUT2D eigenvalue weighted by Crippen LogP contribution is -2.35. The van der Waals surface area contributed by atoms with Crippen LogP contribution in [-0.2, 0) is 11.3 Å². The van der Waals surface area contributed by atoms with Gasteiger partial charge in [0, 0.05) is 13.6 Å². The SMILES string of the molecule is COc1ccc(CN(C)C(=O)CNCC2CC2)cc1OC(F)F.Cl. The summed E-state index contributed by atoms with van der Waals surface area (Å²) in [6, 6.07) is 4.74. The van der Waals surface area contributed by atoms with Crippen molar-refractivity contribution in [1.82, 2.24) is 10.2 Å². The fraction of sp³-hybridized carbons (Fsp3) is 0.562. The Morgan fingerprint density at radius 3 is 2.67 bits per heavy atom. The molecule has 0 atom stereocenters. The number of benzene rings is 1. The van der Waals surface area contributed by atoms with Gasteiger partial charge in [-0.15, -0.1) is 12.4 Å². The molecule has 24 heavy (non-hydrogen) atoms. The van der Waals surface area contributed by atoms with Gasteiger partial charge in [-0.05, 0) is 43.0 Å². The van der Waals surface area contributed by atoms with E-state index in [2.05, 4.69) is 10.1 Å². The van der Waals surface area contributed by atoms with E-state index in [1.165, 1.54) is 26.0 Å². The first kappa shape index (κ1) is 20.4. The highest BCUT2D eigenvalue weighted by molar-refractivity contribution is 5.85. The number of halogens is 3.